The van der Waals surface area contributed by atoms with Crippen LogP contribution < -0.4 is 9.47 Å². The van der Waals surface area contributed by atoms with E-state index in [9.17, 15) is 5.02 Å². The van der Waals surface area contributed by atoms with Gasteiger partial charge in [-0.25, -0.2) is 9.97 Å². The fourth-order valence-electron chi connectivity index (χ4n) is 3.03. The molecule has 0 bridgehead atoms. The van der Waals surface area contributed by atoms with Crippen molar-refractivity contribution in [3.05, 3.63) is 35.7 Å². The molecule has 7 nitrogen and oxygen atoms in total. The Morgan fingerprint density at radius 1 is 1.22 bits per heavy atom. The first-order valence-electron chi connectivity index (χ1n) is 9.12. The minimum Gasteiger partial charge on any atom is -0.493 e. The first kappa shape index (κ1) is 19.6. The van der Waals surface area contributed by atoms with Crippen LogP contribution in [-0.2, 0) is 16.0 Å². The average Bonchev–Trinajstić information content (AvgIpc) is 3.12. The maximum Gasteiger partial charge on any atom is 0.454 e. The molecule has 144 valence electrons. The van der Waals surface area contributed by atoms with E-state index in [1.54, 1.807) is 14.2 Å². The number of hydrogen-bond donors (Lipinski definition) is 1. The van der Waals surface area contributed by atoms with Gasteiger partial charge < -0.3 is 23.9 Å². The molecule has 0 spiro atoms. The van der Waals surface area contributed by atoms with E-state index in [-0.39, 0.29) is 5.92 Å². The van der Waals surface area contributed by atoms with Gasteiger partial charge in [-0.05, 0) is 37.0 Å². The maximum atomic E-state index is 9.68. The first-order valence-corrected chi connectivity index (χ1v) is 9.12. The monoisotopic (exact) mass is 372 g/mol. The highest BCUT2D eigenvalue weighted by Gasteiger charge is 2.31. The molecule has 2 heterocycles. The molecule has 0 amide bonds. The predicted octanol–water partition coefficient (Wildman–Crippen LogP) is 2.68. The summed E-state index contributed by atoms with van der Waals surface area (Å²) in [5.41, 5.74) is 2.46. The fraction of sp³-hybridized carbons (Fsp3) is 0.474. The maximum absolute atomic E-state index is 9.68. The molecule has 27 heavy (non-hydrogen) atoms. The summed E-state index contributed by atoms with van der Waals surface area (Å²) in [4.78, 5) is 9.35. The molecule has 0 radical (unpaired) electrons. The fourth-order valence-corrected chi connectivity index (χ4v) is 3.03. The third kappa shape index (κ3) is 4.77. The zero-order valence-electron chi connectivity index (χ0n) is 16.0. The van der Waals surface area contributed by atoms with E-state index >= 15 is 0 Å². The number of rotatable bonds is 8. The van der Waals surface area contributed by atoms with Gasteiger partial charge in [0.05, 0.1) is 26.0 Å². The molecule has 2 aromatic rings. The van der Waals surface area contributed by atoms with E-state index < -0.39 is 7.12 Å². The summed E-state index contributed by atoms with van der Waals surface area (Å²) in [7, 11) is 2.51. The Hall–Kier alpha value is -2.16. The molecule has 8 heteroatoms. The van der Waals surface area contributed by atoms with Gasteiger partial charge in [-0.15, -0.1) is 0 Å². The number of nitrogens with zero attached hydrogens (tertiary/aromatic N) is 2. The molecule has 1 aromatic heterocycles. The van der Waals surface area contributed by atoms with Crippen LogP contribution in [-0.4, -0.2) is 49.5 Å². The van der Waals surface area contributed by atoms with Gasteiger partial charge in [-0.1, -0.05) is 6.92 Å². The van der Waals surface area contributed by atoms with Crippen molar-refractivity contribution < 1.29 is 23.9 Å². The van der Waals surface area contributed by atoms with E-state index in [2.05, 4.69) is 11.9 Å². The Labute approximate surface area is 159 Å². The van der Waals surface area contributed by atoms with Gasteiger partial charge in [0, 0.05) is 30.9 Å². The molecule has 1 N–H and O–H groups in total. The molecule has 0 saturated carbocycles. The quantitative estimate of drug-likeness (QED) is 0.714. The molecular formula is C19H25BN2O5. The minimum atomic E-state index is -0.741. The van der Waals surface area contributed by atoms with Crippen LogP contribution in [0.25, 0.3) is 11.4 Å². The number of ether oxygens (including phenoxy) is 3. The van der Waals surface area contributed by atoms with Crippen LogP contribution in [0.15, 0.2) is 24.3 Å². The van der Waals surface area contributed by atoms with Crippen LogP contribution in [0.3, 0.4) is 0 Å². The lowest BCUT2D eigenvalue weighted by Crippen LogP contribution is -2.09. The number of aromatic nitrogens is 2. The summed E-state index contributed by atoms with van der Waals surface area (Å²) < 4.78 is 21.7. The van der Waals surface area contributed by atoms with E-state index in [1.165, 1.54) is 0 Å². The Morgan fingerprint density at radius 2 is 2.07 bits per heavy atom. The molecule has 1 aromatic carbocycles. The predicted molar refractivity (Wildman–Crippen MR) is 102 cm³/mol. The zero-order valence-corrected chi connectivity index (χ0v) is 16.0. The van der Waals surface area contributed by atoms with E-state index in [0.29, 0.717) is 43.5 Å². The van der Waals surface area contributed by atoms with Crippen LogP contribution in [0.2, 0.25) is 6.32 Å². The highest BCUT2D eigenvalue weighted by atomic mass is 16.5. The normalized spacial score (nSPS) is 16.6. The van der Waals surface area contributed by atoms with Crippen LogP contribution >= 0.6 is 0 Å². The smallest absolute Gasteiger partial charge is 0.454 e. The van der Waals surface area contributed by atoms with Crippen molar-refractivity contribution in [3.8, 4) is 22.9 Å². The second-order valence-corrected chi connectivity index (χ2v) is 6.48. The van der Waals surface area contributed by atoms with Crippen LogP contribution in [0, 0.1) is 0 Å². The van der Waals surface area contributed by atoms with Gasteiger partial charge in [-0.3, -0.25) is 0 Å². The van der Waals surface area contributed by atoms with Crippen molar-refractivity contribution in [1.29, 1.82) is 0 Å². The highest BCUT2D eigenvalue weighted by molar-refractivity contribution is 6.43. The summed E-state index contributed by atoms with van der Waals surface area (Å²) >= 11 is 0. The standard InChI is InChI=1S/C19H25BN2O5/c1-4-7-26-18-8-13(5-6-17(18)25-3)19-21-15(12-24-2)9-16(22-19)14-10-20(23)27-11-14/h5-6,8-9,14,23H,4,7,10-12H2,1-3H3/t14-/m1/s1. The topological polar surface area (TPSA) is 82.9 Å². The van der Waals surface area contributed by atoms with Crippen molar-refractivity contribution in [2.24, 2.45) is 0 Å². The summed E-state index contributed by atoms with van der Waals surface area (Å²) in [5, 5.41) is 9.68. The summed E-state index contributed by atoms with van der Waals surface area (Å²) in [6.45, 7) is 3.48. The lowest BCUT2D eigenvalue weighted by Gasteiger charge is -2.14. The Morgan fingerprint density at radius 3 is 2.74 bits per heavy atom. The lowest BCUT2D eigenvalue weighted by atomic mass is 9.81. The minimum absolute atomic E-state index is 0.0337. The summed E-state index contributed by atoms with van der Waals surface area (Å²) in [6.07, 6.45) is 1.43. The van der Waals surface area contributed by atoms with Gasteiger partial charge in [0.25, 0.3) is 0 Å². The lowest BCUT2D eigenvalue weighted by molar-refractivity contribution is 0.181. The van der Waals surface area contributed by atoms with Crippen molar-refractivity contribution in [2.75, 3.05) is 27.4 Å². The second kappa shape index (κ2) is 9.17. The molecule has 3 rings (SSSR count). The molecule has 0 unspecified atom stereocenters. The average molecular weight is 372 g/mol. The molecule has 1 aliphatic rings. The number of methoxy groups -OCH3 is 2. The largest absolute Gasteiger partial charge is 0.493 e. The molecule has 1 aliphatic heterocycles. The molecule has 1 fully saturated rings. The first-order chi connectivity index (χ1) is 13.1. The van der Waals surface area contributed by atoms with Crippen molar-refractivity contribution in [2.45, 2.75) is 32.2 Å². The van der Waals surface area contributed by atoms with Gasteiger partial charge in [0.1, 0.15) is 0 Å². The third-order valence-electron chi connectivity index (χ3n) is 4.37. The molecule has 0 aliphatic carbocycles. The van der Waals surface area contributed by atoms with E-state index in [4.69, 9.17) is 23.8 Å². The number of benzene rings is 1. The van der Waals surface area contributed by atoms with Gasteiger partial charge in [0.2, 0.25) is 0 Å². The van der Waals surface area contributed by atoms with Gasteiger partial charge in [-0.2, -0.15) is 0 Å². The third-order valence-corrected chi connectivity index (χ3v) is 4.37. The van der Waals surface area contributed by atoms with Gasteiger partial charge >= 0.3 is 7.12 Å². The molecule has 1 saturated heterocycles. The van der Waals surface area contributed by atoms with Crippen LogP contribution in [0.4, 0.5) is 0 Å². The zero-order chi connectivity index (χ0) is 19.2. The second-order valence-electron chi connectivity index (χ2n) is 6.48. The van der Waals surface area contributed by atoms with Crippen molar-refractivity contribution >= 4 is 7.12 Å². The Balaban J connectivity index is 1.98. The summed E-state index contributed by atoms with van der Waals surface area (Å²) in [6, 6.07) is 7.57. The van der Waals surface area contributed by atoms with Crippen molar-refractivity contribution in [3.63, 3.8) is 0 Å². The summed E-state index contributed by atoms with van der Waals surface area (Å²) in [5.74, 6) is 1.96. The van der Waals surface area contributed by atoms with E-state index in [1.807, 2.05) is 24.3 Å². The van der Waals surface area contributed by atoms with Crippen LogP contribution in [0.1, 0.15) is 30.7 Å². The highest BCUT2D eigenvalue weighted by Crippen LogP contribution is 2.33. The number of hydrogen-bond acceptors (Lipinski definition) is 7. The Kier molecular flexibility index (Phi) is 6.66. The Bertz CT molecular complexity index is 774. The van der Waals surface area contributed by atoms with Crippen molar-refractivity contribution in [1.82, 2.24) is 9.97 Å². The van der Waals surface area contributed by atoms with Crippen LogP contribution in [0.5, 0.6) is 11.5 Å². The SMILES string of the molecule is CCCOc1cc(-c2nc(COC)cc([C@H]3COB(O)C3)n2)ccc1OC. The molecule has 1 atom stereocenters. The van der Waals surface area contributed by atoms with Gasteiger partial charge in [0.15, 0.2) is 17.3 Å². The van der Waals surface area contributed by atoms with E-state index in [0.717, 1.165) is 23.4 Å². The molecular weight excluding hydrogens is 347 g/mol.